The maximum absolute atomic E-state index is 12.0. The van der Waals surface area contributed by atoms with Gasteiger partial charge in [0.1, 0.15) is 0 Å². The molecule has 1 heterocycles. The smallest absolute Gasteiger partial charge is 0.227 e. The summed E-state index contributed by atoms with van der Waals surface area (Å²) in [5, 5.41) is 3.39. The molecular formula is C15H17ClN2O2. The summed E-state index contributed by atoms with van der Waals surface area (Å²) in [5.74, 6) is 5.60. The summed E-state index contributed by atoms with van der Waals surface area (Å²) >= 11 is 5.96. The molecule has 4 nitrogen and oxygen atoms in total. The van der Waals surface area contributed by atoms with Crippen LogP contribution in [0.5, 0.6) is 0 Å². The average molecular weight is 293 g/mol. The van der Waals surface area contributed by atoms with Crippen molar-refractivity contribution in [2.75, 3.05) is 18.5 Å². The molecule has 1 saturated heterocycles. The van der Waals surface area contributed by atoms with E-state index in [2.05, 4.69) is 17.2 Å². The summed E-state index contributed by atoms with van der Waals surface area (Å²) in [6, 6.07) is 5.19. The van der Waals surface area contributed by atoms with E-state index in [-0.39, 0.29) is 18.6 Å². The van der Waals surface area contributed by atoms with Crippen molar-refractivity contribution in [3.8, 4) is 11.8 Å². The molecule has 1 atom stereocenters. The fourth-order valence-corrected chi connectivity index (χ4v) is 2.26. The van der Waals surface area contributed by atoms with Crippen LogP contribution in [0.4, 0.5) is 5.69 Å². The van der Waals surface area contributed by atoms with E-state index in [1.165, 1.54) is 0 Å². The molecule has 0 radical (unpaired) electrons. The van der Waals surface area contributed by atoms with Crippen LogP contribution in [0.15, 0.2) is 18.2 Å². The topological polar surface area (TPSA) is 64.3 Å². The van der Waals surface area contributed by atoms with E-state index in [4.69, 9.17) is 22.1 Å². The first kappa shape index (κ1) is 14.9. The lowest BCUT2D eigenvalue weighted by molar-refractivity contribution is -0.118. The Bertz CT molecular complexity index is 543. The van der Waals surface area contributed by atoms with Crippen molar-refractivity contribution in [1.29, 1.82) is 0 Å². The van der Waals surface area contributed by atoms with Gasteiger partial charge in [-0.1, -0.05) is 23.4 Å². The molecule has 1 fully saturated rings. The fourth-order valence-electron chi connectivity index (χ4n) is 2.09. The number of anilines is 1. The molecule has 3 N–H and O–H groups in total. The Labute approximate surface area is 123 Å². The Morgan fingerprint density at radius 3 is 3.10 bits per heavy atom. The van der Waals surface area contributed by atoms with E-state index in [1.807, 2.05) is 0 Å². The van der Waals surface area contributed by atoms with Crippen molar-refractivity contribution in [3.05, 3.63) is 28.8 Å². The first-order chi connectivity index (χ1) is 9.69. The Morgan fingerprint density at radius 1 is 1.55 bits per heavy atom. The molecule has 1 aliphatic heterocycles. The minimum Gasteiger partial charge on any atom is -0.378 e. The molecular weight excluding hydrogens is 276 g/mol. The molecule has 1 unspecified atom stereocenters. The van der Waals surface area contributed by atoms with Gasteiger partial charge in [0.05, 0.1) is 24.8 Å². The number of nitrogens with one attached hydrogen (secondary N) is 1. The highest BCUT2D eigenvalue weighted by Crippen LogP contribution is 2.22. The summed E-state index contributed by atoms with van der Waals surface area (Å²) in [4.78, 5) is 12.0. The van der Waals surface area contributed by atoms with Crippen LogP contribution in [0.2, 0.25) is 5.02 Å². The molecule has 0 aromatic heterocycles. The van der Waals surface area contributed by atoms with Crippen LogP contribution in [0.1, 0.15) is 24.8 Å². The molecule has 0 spiro atoms. The monoisotopic (exact) mass is 292 g/mol. The highest BCUT2D eigenvalue weighted by atomic mass is 35.5. The number of halogens is 1. The predicted octanol–water partition coefficient (Wildman–Crippen LogP) is 2.16. The van der Waals surface area contributed by atoms with Crippen molar-refractivity contribution >= 4 is 23.2 Å². The first-order valence-electron chi connectivity index (χ1n) is 6.59. The van der Waals surface area contributed by atoms with Gasteiger partial charge in [-0.2, -0.15) is 0 Å². The molecule has 1 amide bonds. The van der Waals surface area contributed by atoms with Crippen molar-refractivity contribution in [2.45, 2.75) is 25.4 Å². The number of hydrogen-bond acceptors (Lipinski definition) is 3. The first-order valence-corrected chi connectivity index (χ1v) is 6.97. The van der Waals surface area contributed by atoms with Gasteiger partial charge >= 0.3 is 0 Å². The normalized spacial score (nSPS) is 17.4. The van der Waals surface area contributed by atoms with Gasteiger partial charge < -0.3 is 15.8 Å². The van der Waals surface area contributed by atoms with Crippen LogP contribution in [-0.2, 0) is 9.53 Å². The summed E-state index contributed by atoms with van der Waals surface area (Å²) in [6.07, 6.45) is 2.33. The number of amides is 1. The number of rotatable bonds is 3. The Morgan fingerprint density at radius 2 is 2.40 bits per heavy atom. The van der Waals surface area contributed by atoms with E-state index in [1.54, 1.807) is 18.2 Å². The minimum atomic E-state index is -0.0880. The van der Waals surface area contributed by atoms with Gasteiger partial charge in [-0.05, 0) is 31.0 Å². The molecule has 2 rings (SSSR count). The Hall–Kier alpha value is -1.54. The summed E-state index contributed by atoms with van der Waals surface area (Å²) < 4.78 is 5.45. The van der Waals surface area contributed by atoms with E-state index in [0.29, 0.717) is 22.7 Å². The maximum atomic E-state index is 12.0. The molecule has 0 saturated carbocycles. The molecule has 1 aromatic carbocycles. The van der Waals surface area contributed by atoms with Gasteiger partial charge in [0, 0.05) is 17.2 Å². The average Bonchev–Trinajstić information content (AvgIpc) is 2.90. The highest BCUT2D eigenvalue weighted by molar-refractivity contribution is 6.31. The summed E-state index contributed by atoms with van der Waals surface area (Å²) in [5.41, 5.74) is 6.68. The van der Waals surface area contributed by atoms with Gasteiger partial charge in [-0.15, -0.1) is 0 Å². The van der Waals surface area contributed by atoms with Crippen LogP contribution in [0, 0.1) is 11.8 Å². The van der Waals surface area contributed by atoms with Gasteiger partial charge in [0.15, 0.2) is 0 Å². The van der Waals surface area contributed by atoms with Gasteiger partial charge in [0.2, 0.25) is 5.91 Å². The number of ether oxygens (including phenoxy) is 1. The summed E-state index contributed by atoms with van der Waals surface area (Å²) in [7, 11) is 0. The fraction of sp³-hybridized carbons (Fsp3) is 0.400. The number of benzene rings is 1. The van der Waals surface area contributed by atoms with Gasteiger partial charge in [-0.25, -0.2) is 0 Å². The Kier molecular flexibility index (Phi) is 5.42. The summed E-state index contributed by atoms with van der Waals surface area (Å²) in [6.45, 7) is 1.01. The molecule has 106 valence electrons. The largest absolute Gasteiger partial charge is 0.378 e. The van der Waals surface area contributed by atoms with Crippen LogP contribution in [-0.4, -0.2) is 25.2 Å². The minimum absolute atomic E-state index is 0.0211. The van der Waals surface area contributed by atoms with Crippen molar-refractivity contribution in [3.63, 3.8) is 0 Å². The second kappa shape index (κ2) is 7.30. The number of carbonyl (C=O) groups excluding carboxylic acids is 1. The van der Waals surface area contributed by atoms with Crippen molar-refractivity contribution in [2.24, 2.45) is 5.73 Å². The lowest BCUT2D eigenvalue weighted by Crippen LogP contribution is -2.19. The van der Waals surface area contributed by atoms with Gasteiger partial charge in [-0.3, -0.25) is 4.79 Å². The zero-order valence-corrected chi connectivity index (χ0v) is 11.9. The van der Waals surface area contributed by atoms with Crippen LogP contribution in [0.25, 0.3) is 0 Å². The molecule has 20 heavy (non-hydrogen) atoms. The third-order valence-electron chi connectivity index (χ3n) is 3.02. The molecule has 1 aliphatic rings. The molecule has 1 aromatic rings. The molecule has 5 heteroatoms. The molecule has 0 aliphatic carbocycles. The number of nitrogens with two attached hydrogens (primary N) is 1. The van der Waals surface area contributed by atoms with E-state index in [0.717, 1.165) is 19.4 Å². The number of carbonyl (C=O) groups is 1. The van der Waals surface area contributed by atoms with Crippen LogP contribution >= 0.6 is 11.6 Å². The Balaban J connectivity index is 2.06. The maximum Gasteiger partial charge on any atom is 0.227 e. The third-order valence-corrected chi connectivity index (χ3v) is 3.25. The van der Waals surface area contributed by atoms with Crippen LogP contribution in [0.3, 0.4) is 0 Å². The van der Waals surface area contributed by atoms with Crippen LogP contribution < -0.4 is 11.1 Å². The molecule has 0 bridgehead atoms. The van der Waals surface area contributed by atoms with Crippen molar-refractivity contribution < 1.29 is 9.53 Å². The second-order valence-corrected chi connectivity index (χ2v) is 5.02. The van der Waals surface area contributed by atoms with E-state index in [9.17, 15) is 4.79 Å². The van der Waals surface area contributed by atoms with Gasteiger partial charge in [0.25, 0.3) is 0 Å². The lowest BCUT2D eigenvalue weighted by atomic mass is 10.1. The van der Waals surface area contributed by atoms with Crippen molar-refractivity contribution in [1.82, 2.24) is 0 Å². The highest BCUT2D eigenvalue weighted by Gasteiger charge is 2.19. The van der Waals surface area contributed by atoms with E-state index >= 15 is 0 Å². The quantitative estimate of drug-likeness (QED) is 0.839. The lowest BCUT2D eigenvalue weighted by Gasteiger charge is -2.11. The second-order valence-electron chi connectivity index (χ2n) is 4.58. The third kappa shape index (κ3) is 4.24. The zero-order chi connectivity index (χ0) is 14.4. The zero-order valence-electron chi connectivity index (χ0n) is 11.1. The van der Waals surface area contributed by atoms with E-state index < -0.39 is 0 Å². The standard InChI is InChI=1S/C15H17ClN2O2/c16-12-6-5-11(3-1-7-17)14(9-12)18-15(19)10-13-4-2-8-20-13/h5-6,9,13H,2,4,7-8,10,17H2,(H,18,19). The number of hydrogen-bond donors (Lipinski definition) is 2. The SMILES string of the molecule is NCC#Cc1ccc(Cl)cc1NC(=O)CC1CCCO1. The predicted molar refractivity (Wildman–Crippen MR) is 79.6 cm³/mol.